The minimum absolute atomic E-state index is 0.0183. The standard InChI is InChI=1S/C30H40N4O5/c1-18-11-12-19(2)22(17-18)26(27(36)32-23-10-8-7-9-20(23)3)34(21-13-14-21)28(37)24(15-16-25(31)35)33-29(38)39-30(4,5)6/h7-12,17,21,24,26H,13-16H2,1-6H3,(H2,31,35)(H,32,36)(H,33,38). The van der Waals surface area contributed by atoms with E-state index in [1.165, 1.54) is 0 Å². The van der Waals surface area contributed by atoms with Gasteiger partial charge < -0.3 is 26.0 Å². The second-order valence-corrected chi connectivity index (χ2v) is 11.2. The molecule has 2 aromatic rings. The zero-order valence-electron chi connectivity index (χ0n) is 23.7. The van der Waals surface area contributed by atoms with Gasteiger partial charge in [-0.25, -0.2) is 4.79 Å². The molecule has 4 N–H and O–H groups in total. The first-order valence-electron chi connectivity index (χ1n) is 13.3. The molecule has 1 aliphatic rings. The van der Waals surface area contributed by atoms with Crippen molar-refractivity contribution in [2.75, 3.05) is 5.32 Å². The van der Waals surface area contributed by atoms with Crippen LogP contribution in [-0.4, -0.2) is 46.4 Å². The molecule has 2 unspecified atom stereocenters. The zero-order chi connectivity index (χ0) is 28.9. The lowest BCUT2D eigenvalue weighted by Gasteiger charge is -2.35. The first-order valence-corrected chi connectivity index (χ1v) is 13.3. The number of anilines is 1. The number of carbonyl (C=O) groups excluding carboxylic acids is 4. The van der Waals surface area contributed by atoms with Crippen LogP contribution in [0.4, 0.5) is 10.5 Å². The van der Waals surface area contributed by atoms with Crippen LogP contribution in [0.3, 0.4) is 0 Å². The molecule has 1 fully saturated rings. The van der Waals surface area contributed by atoms with Crippen LogP contribution in [0.1, 0.15) is 74.8 Å². The first kappa shape index (κ1) is 29.7. The van der Waals surface area contributed by atoms with Crippen LogP contribution < -0.4 is 16.4 Å². The van der Waals surface area contributed by atoms with E-state index in [-0.39, 0.29) is 24.8 Å². The molecule has 1 saturated carbocycles. The fourth-order valence-corrected chi connectivity index (χ4v) is 4.43. The summed E-state index contributed by atoms with van der Waals surface area (Å²) < 4.78 is 5.38. The predicted molar refractivity (Wildman–Crippen MR) is 150 cm³/mol. The van der Waals surface area contributed by atoms with Crippen molar-refractivity contribution in [3.63, 3.8) is 0 Å². The monoisotopic (exact) mass is 536 g/mol. The summed E-state index contributed by atoms with van der Waals surface area (Å²) in [5.41, 5.74) is 8.65. The van der Waals surface area contributed by atoms with Crippen molar-refractivity contribution in [1.29, 1.82) is 0 Å². The third-order valence-corrected chi connectivity index (χ3v) is 6.52. The van der Waals surface area contributed by atoms with E-state index in [0.717, 1.165) is 29.5 Å². The average molecular weight is 537 g/mol. The Labute approximate surface area is 230 Å². The minimum atomic E-state index is -1.10. The zero-order valence-corrected chi connectivity index (χ0v) is 23.7. The molecule has 210 valence electrons. The quantitative estimate of drug-likeness (QED) is 0.413. The third-order valence-electron chi connectivity index (χ3n) is 6.52. The molecule has 2 aromatic carbocycles. The molecule has 39 heavy (non-hydrogen) atoms. The number of rotatable bonds is 10. The highest BCUT2D eigenvalue weighted by Crippen LogP contribution is 2.38. The van der Waals surface area contributed by atoms with E-state index in [1.807, 2.05) is 63.2 Å². The topological polar surface area (TPSA) is 131 Å². The molecule has 0 saturated heterocycles. The lowest BCUT2D eigenvalue weighted by atomic mass is 9.95. The molecule has 0 spiro atoms. The Hall–Kier alpha value is -3.88. The summed E-state index contributed by atoms with van der Waals surface area (Å²) in [4.78, 5) is 54.1. The molecular weight excluding hydrogens is 496 g/mol. The van der Waals surface area contributed by atoms with Gasteiger partial charge >= 0.3 is 6.09 Å². The number of primary amides is 1. The average Bonchev–Trinajstić information content (AvgIpc) is 3.66. The molecule has 0 bridgehead atoms. The van der Waals surface area contributed by atoms with Gasteiger partial charge in [-0.05, 0) is 83.6 Å². The van der Waals surface area contributed by atoms with E-state index >= 15 is 0 Å². The van der Waals surface area contributed by atoms with E-state index in [0.29, 0.717) is 11.3 Å². The predicted octanol–water partition coefficient (Wildman–Crippen LogP) is 4.44. The van der Waals surface area contributed by atoms with Gasteiger partial charge in [0.05, 0.1) is 0 Å². The summed E-state index contributed by atoms with van der Waals surface area (Å²) in [6.45, 7) is 10.9. The lowest BCUT2D eigenvalue weighted by Crippen LogP contribution is -2.53. The van der Waals surface area contributed by atoms with E-state index in [4.69, 9.17) is 10.5 Å². The van der Waals surface area contributed by atoms with Crippen molar-refractivity contribution in [2.45, 2.75) is 91.0 Å². The van der Waals surface area contributed by atoms with Gasteiger partial charge in [0.1, 0.15) is 17.7 Å². The number of hydrogen-bond donors (Lipinski definition) is 3. The highest BCUT2D eigenvalue weighted by atomic mass is 16.6. The summed E-state index contributed by atoms with van der Waals surface area (Å²) in [6.07, 6.45) is 0.525. The molecule has 9 heteroatoms. The van der Waals surface area contributed by atoms with Crippen LogP contribution in [0.5, 0.6) is 0 Å². The van der Waals surface area contributed by atoms with Gasteiger partial charge in [-0.1, -0.05) is 42.0 Å². The Kier molecular flexibility index (Phi) is 9.37. The normalized spacial score (nSPS) is 14.6. The molecule has 4 amide bonds. The number of alkyl carbamates (subject to hydrolysis) is 1. The first-order chi connectivity index (χ1) is 18.3. The Bertz CT molecular complexity index is 1230. The van der Waals surface area contributed by atoms with Crippen LogP contribution >= 0.6 is 0 Å². The number of aryl methyl sites for hydroxylation is 3. The fourth-order valence-electron chi connectivity index (χ4n) is 4.43. The van der Waals surface area contributed by atoms with Gasteiger partial charge in [-0.2, -0.15) is 0 Å². The van der Waals surface area contributed by atoms with E-state index < -0.39 is 35.6 Å². The molecule has 3 rings (SSSR count). The Morgan fingerprint density at radius 2 is 1.69 bits per heavy atom. The van der Waals surface area contributed by atoms with Crippen LogP contribution in [-0.2, 0) is 19.1 Å². The maximum atomic E-state index is 14.2. The minimum Gasteiger partial charge on any atom is -0.444 e. The number of hydrogen-bond acceptors (Lipinski definition) is 5. The molecule has 0 aromatic heterocycles. The van der Waals surface area contributed by atoms with Crippen molar-refractivity contribution >= 4 is 29.5 Å². The summed E-state index contributed by atoms with van der Waals surface area (Å²) in [5, 5.41) is 5.65. The van der Waals surface area contributed by atoms with Crippen molar-refractivity contribution in [3.8, 4) is 0 Å². The van der Waals surface area contributed by atoms with Gasteiger partial charge in [-0.15, -0.1) is 0 Å². The van der Waals surface area contributed by atoms with E-state index in [1.54, 1.807) is 25.7 Å². The van der Waals surface area contributed by atoms with Gasteiger partial charge in [0.2, 0.25) is 11.8 Å². The number of amides is 4. The van der Waals surface area contributed by atoms with Crippen molar-refractivity contribution in [2.24, 2.45) is 5.73 Å². The van der Waals surface area contributed by atoms with Crippen LogP contribution in [0.25, 0.3) is 0 Å². The van der Waals surface area contributed by atoms with Crippen molar-refractivity contribution in [3.05, 3.63) is 64.7 Å². The van der Waals surface area contributed by atoms with E-state index in [2.05, 4.69) is 10.6 Å². The Morgan fingerprint density at radius 1 is 1.03 bits per heavy atom. The van der Waals surface area contributed by atoms with Gasteiger partial charge in [0, 0.05) is 18.2 Å². The van der Waals surface area contributed by atoms with Crippen LogP contribution in [0.15, 0.2) is 42.5 Å². The van der Waals surface area contributed by atoms with Crippen molar-refractivity contribution in [1.82, 2.24) is 10.2 Å². The Morgan fingerprint density at radius 3 is 2.28 bits per heavy atom. The number of benzene rings is 2. The molecule has 9 nitrogen and oxygen atoms in total. The second kappa shape index (κ2) is 12.3. The maximum absolute atomic E-state index is 14.2. The van der Waals surface area contributed by atoms with Crippen LogP contribution in [0, 0.1) is 20.8 Å². The summed E-state index contributed by atoms with van der Waals surface area (Å²) in [6, 6.07) is 11.0. The fraction of sp³-hybridized carbons (Fsp3) is 0.467. The number of ether oxygens (including phenoxy) is 1. The highest BCUT2D eigenvalue weighted by molar-refractivity contribution is 6.00. The number of para-hydroxylation sites is 1. The van der Waals surface area contributed by atoms with Gasteiger partial charge in [0.15, 0.2) is 0 Å². The summed E-state index contributed by atoms with van der Waals surface area (Å²) in [7, 11) is 0. The lowest BCUT2D eigenvalue weighted by molar-refractivity contribution is -0.141. The number of nitrogens with zero attached hydrogens (tertiary/aromatic N) is 1. The molecule has 0 heterocycles. The second-order valence-electron chi connectivity index (χ2n) is 11.2. The van der Waals surface area contributed by atoms with Gasteiger partial charge in [-0.3, -0.25) is 14.4 Å². The van der Waals surface area contributed by atoms with Crippen LogP contribution in [0.2, 0.25) is 0 Å². The largest absolute Gasteiger partial charge is 0.444 e. The number of nitrogens with one attached hydrogen (secondary N) is 2. The third kappa shape index (κ3) is 8.30. The molecule has 1 aliphatic carbocycles. The molecule has 0 radical (unpaired) electrons. The summed E-state index contributed by atoms with van der Waals surface area (Å²) >= 11 is 0. The SMILES string of the molecule is Cc1ccc(C)c(C(C(=O)Nc2ccccc2C)N(C(=O)C(CCC(N)=O)NC(=O)OC(C)(C)C)C2CC2)c1. The Balaban J connectivity index is 2.04. The smallest absolute Gasteiger partial charge is 0.408 e. The molecule has 2 atom stereocenters. The summed E-state index contributed by atoms with van der Waals surface area (Å²) in [5.74, 6) is -1.42. The number of nitrogens with two attached hydrogens (primary N) is 1. The highest BCUT2D eigenvalue weighted by Gasteiger charge is 2.44. The van der Waals surface area contributed by atoms with Crippen molar-refractivity contribution < 1.29 is 23.9 Å². The molecule has 0 aliphatic heterocycles. The molecular formula is C30H40N4O5. The number of carbonyl (C=O) groups is 4. The van der Waals surface area contributed by atoms with E-state index in [9.17, 15) is 19.2 Å². The maximum Gasteiger partial charge on any atom is 0.408 e. The van der Waals surface area contributed by atoms with Gasteiger partial charge in [0.25, 0.3) is 5.91 Å².